The topological polar surface area (TPSA) is 83.0 Å². The summed E-state index contributed by atoms with van der Waals surface area (Å²) in [5.41, 5.74) is 2.85. The van der Waals surface area contributed by atoms with Crippen molar-refractivity contribution in [2.75, 3.05) is 42.7 Å². The minimum absolute atomic E-state index is 0.279. The second-order valence-electron chi connectivity index (χ2n) is 6.58. The maximum Gasteiger partial charge on any atom is 0.274 e. The summed E-state index contributed by atoms with van der Waals surface area (Å²) in [5.74, 6) is 0.248. The summed E-state index contributed by atoms with van der Waals surface area (Å²) in [6.45, 7) is 7.60. The molecule has 8 heteroatoms. The van der Waals surface area contributed by atoms with Crippen LogP contribution in [-0.4, -0.2) is 53.3 Å². The van der Waals surface area contributed by atoms with Crippen molar-refractivity contribution in [2.45, 2.75) is 18.7 Å². The fourth-order valence-corrected chi connectivity index (χ4v) is 3.62. The third-order valence-electron chi connectivity index (χ3n) is 4.74. The number of hydrogen-bond acceptors (Lipinski definition) is 7. The number of hydrogen-bond donors (Lipinski definition) is 2. The van der Waals surface area contributed by atoms with Gasteiger partial charge in [0.05, 0.1) is 17.6 Å². The molecule has 2 aromatic heterocycles. The standard InChI is InChI=1S/C21H22N6OS.C2H6/c1-29-16-4-2-15(3-5-16)20-24-9-6-17(25-20)21(28)26-18-14-23-8-7-19(18)27-12-10-22-11-13-27;1-2/h2-9,14,22H,10-13H2,1H3,(H,26,28);1-2H3. The van der Waals surface area contributed by atoms with Crippen LogP contribution in [0, 0.1) is 0 Å². The molecule has 3 heterocycles. The Bertz CT molecular complexity index is 989. The van der Waals surface area contributed by atoms with E-state index in [2.05, 4.69) is 30.5 Å². The van der Waals surface area contributed by atoms with Crippen molar-refractivity contribution in [1.82, 2.24) is 20.3 Å². The maximum absolute atomic E-state index is 12.9. The zero-order valence-corrected chi connectivity index (χ0v) is 18.9. The van der Waals surface area contributed by atoms with Gasteiger partial charge in [0, 0.05) is 49.0 Å². The number of amides is 1. The molecule has 1 aliphatic rings. The van der Waals surface area contributed by atoms with Gasteiger partial charge < -0.3 is 15.5 Å². The first-order valence-electron chi connectivity index (χ1n) is 10.4. The summed E-state index contributed by atoms with van der Waals surface area (Å²) in [6, 6.07) is 11.5. The van der Waals surface area contributed by atoms with Gasteiger partial charge in [-0.1, -0.05) is 26.0 Å². The molecular formula is C23H28N6OS. The van der Waals surface area contributed by atoms with Gasteiger partial charge in [-0.25, -0.2) is 9.97 Å². The number of pyridine rings is 1. The molecule has 0 saturated carbocycles. The molecule has 0 radical (unpaired) electrons. The number of piperazine rings is 1. The Kier molecular flexibility index (Phi) is 8.37. The monoisotopic (exact) mass is 436 g/mol. The first kappa shape index (κ1) is 22.7. The number of nitrogens with one attached hydrogen (secondary N) is 2. The van der Waals surface area contributed by atoms with E-state index in [1.54, 1.807) is 36.4 Å². The van der Waals surface area contributed by atoms with Crippen molar-refractivity contribution in [3.05, 3.63) is 60.7 Å². The number of thioether (sulfide) groups is 1. The van der Waals surface area contributed by atoms with E-state index in [0.717, 1.165) is 37.4 Å². The molecule has 1 aromatic carbocycles. The lowest BCUT2D eigenvalue weighted by Crippen LogP contribution is -2.43. The minimum atomic E-state index is -0.279. The molecule has 3 aromatic rings. The van der Waals surface area contributed by atoms with Crippen LogP contribution in [0.1, 0.15) is 24.3 Å². The Morgan fingerprint density at radius 3 is 2.52 bits per heavy atom. The fourth-order valence-electron chi connectivity index (χ4n) is 3.22. The highest BCUT2D eigenvalue weighted by molar-refractivity contribution is 7.98. The Balaban J connectivity index is 0.00000132. The molecule has 1 fully saturated rings. The largest absolute Gasteiger partial charge is 0.367 e. The summed E-state index contributed by atoms with van der Waals surface area (Å²) < 4.78 is 0. The predicted molar refractivity (Wildman–Crippen MR) is 128 cm³/mol. The van der Waals surface area contributed by atoms with E-state index in [4.69, 9.17) is 0 Å². The lowest BCUT2D eigenvalue weighted by molar-refractivity contribution is 0.102. The molecule has 4 rings (SSSR count). The van der Waals surface area contributed by atoms with Crippen molar-refractivity contribution in [2.24, 2.45) is 0 Å². The maximum atomic E-state index is 12.9. The predicted octanol–water partition coefficient (Wildman–Crippen LogP) is 3.95. The number of carbonyl (C=O) groups excluding carboxylic acids is 1. The minimum Gasteiger partial charge on any atom is -0.367 e. The lowest BCUT2D eigenvalue weighted by atomic mass is 10.2. The highest BCUT2D eigenvalue weighted by atomic mass is 32.2. The number of aromatic nitrogens is 3. The summed E-state index contributed by atoms with van der Waals surface area (Å²) in [6.07, 6.45) is 7.07. The molecule has 0 aliphatic carbocycles. The summed E-state index contributed by atoms with van der Waals surface area (Å²) in [5, 5.41) is 6.30. The zero-order chi connectivity index (χ0) is 22.1. The number of benzene rings is 1. The van der Waals surface area contributed by atoms with Gasteiger partial charge in [0.1, 0.15) is 5.69 Å². The zero-order valence-electron chi connectivity index (χ0n) is 18.1. The van der Waals surface area contributed by atoms with Gasteiger partial charge in [0.25, 0.3) is 5.91 Å². The summed E-state index contributed by atoms with van der Waals surface area (Å²) >= 11 is 1.68. The molecule has 31 heavy (non-hydrogen) atoms. The van der Waals surface area contributed by atoms with E-state index < -0.39 is 0 Å². The molecule has 0 bridgehead atoms. The highest BCUT2D eigenvalue weighted by Crippen LogP contribution is 2.25. The van der Waals surface area contributed by atoms with Crippen LogP contribution in [0.2, 0.25) is 0 Å². The van der Waals surface area contributed by atoms with Gasteiger partial charge in [0.15, 0.2) is 5.82 Å². The first-order chi connectivity index (χ1) is 15.2. The van der Waals surface area contributed by atoms with E-state index in [1.165, 1.54) is 4.90 Å². The number of rotatable bonds is 5. The SMILES string of the molecule is CC.CSc1ccc(-c2nccc(C(=O)Nc3cnccc3N3CCNCC3)n2)cc1. The van der Waals surface area contributed by atoms with Crippen molar-refractivity contribution < 1.29 is 4.79 Å². The normalized spacial score (nSPS) is 13.2. The van der Waals surface area contributed by atoms with Crippen molar-refractivity contribution in [3.8, 4) is 11.4 Å². The molecule has 0 atom stereocenters. The van der Waals surface area contributed by atoms with Gasteiger partial charge in [-0.2, -0.15) is 0 Å². The van der Waals surface area contributed by atoms with Crippen molar-refractivity contribution in [3.63, 3.8) is 0 Å². The molecule has 2 N–H and O–H groups in total. The van der Waals surface area contributed by atoms with E-state index in [9.17, 15) is 4.79 Å². The molecule has 0 unspecified atom stereocenters. The molecule has 1 saturated heterocycles. The van der Waals surface area contributed by atoms with E-state index in [1.807, 2.05) is 50.4 Å². The third kappa shape index (κ3) is 5.80. The average molecular weight is 437 g/mol. The van der Waals surface area contributed by atoms with Gasteiger partial charge >= 0.3 is 0 Å². The summed E-state index contributed by atoms with van der Waals surface area (Å²) in [4.78, 5) is 29.2. The van der Waals surface area contributed by atoms with Gasteiger partial charge in [-0.15, -0.1) is 11.8 Å². The number of anilines is 2. The Labute approximate surface area is 187 Å². The smallest absolute Gasteiger partial charge is 0.274 e. The van der Waals surface area contributed by atoms with E-state index >= 15 is 0 Å². The van der Waals surface area contributed by atoms with Crippen LogP contribution in [0.15, 0.2) is 59.9 Å². The van der Waals surface area contributed by atoms with Crippen molar-refractivity contribution in [1.29, 1.82) is 0 Å². The van der Waals surface area contributed by atoms with Crippen LogP contribution in [0.5, 0.6) is 0 Å². The lowest BCUT2D eigenvalue weighted by Gasteiger charge is -2.30. The van der Waals surface area contributed by atoms with Crippen LogP contribution in [0.25, 0.3) is 11.4 Å². The Morgan fingerprint density at radius 2 is 1.81 bits per heavy atom. The first-order valence-corrected chi connectivity index (χ1v) is 11.7. The average Bonchev–Trinajstić information content (AvgIpc) is 2.86. The molecule has 1 aliphatic heterocycles. The molecular weight excluding hydrogens is 408 g/mol. The van der Waals surface area contributed by atoms with Crippen molar-refractivity contribution >= 4 is 29.0 Å². The fraction of sp³-hybridized carbons (Fsp3) is 0.304. The molecule has 7 nitrogen and oxygen atoms in total. The van der Waals surface area contributed by atoms with Gasteiger partial charge in [0.2, 0.25) is 0 Å². The van der Waals surface area contributed by atoms with Crippen LogP contribution < -0.4 is 15.5 Å². The van der Waals surface area contributed by atoms with Crippen LogP contribution in [0.3, 0.4) is 0 Å². The van der Waals surface area contributed by atoms with Crippen LogP contribution >= 0.6 is 11.8 Å². The Hall–Kier alpha value is -2.97. The number of nitrogens with zero attached hydrogens (tertiary/aromatic N) is 4. The summed E-state index contributed by atoms with van der Waals surface area (Å²) in [7, 11) is 0. The van der Waals surface area contributed by atoms with Crippen LogP contribution in [0.4, 0.5) is 11.4 Å². The molecule has 1 amide bonds. The second kappa shape index (κ2) is 11.4. The third-order valence-corrected chi connectivity index (χ3v) is 5.48. The highest BCUT2D eigenvalue weighted by Gasteiger charge is 2.17. The Morgan fingerprint density at radius 1 is 1.06 bits per heavy atom. The van der Waals surface area contributed by atoms with E-state index in [0.29, 0.717) is 17.2 Å². The molecule has 0 spiro atoms. The molecule has 162 valence electrons. The number of carbonyl (C=O) groups is 1. The van der Waals surface area contributed by atoms with Gasteiger partial charge in [-0.3, -0.25) is 9.78 Å². The van der Waals surface area contributed by atoms with Crippen LogP contribution in [-0.2, 0) is 0 Å². The quantitative estimate of drug-likeness (QED) is 0.586. The van der Waals surface area contributed by atoms with E-state index in [-0.39, 0.29) is 5.91 Å². The van der Waals surface area contributed by atoms with Gasteiger partial charge in [-0.05, 0) is 30.5 Å². The second-order valence-corrected chi connectivity index (χ2v) is 7.46.